The van der Waals surface area contributed by atoms with Crippen molar-refractivity contribution in [1.82, 2.24) is 15.3 Å². The first kappa shape index (κ1) is 16.4. The van der Waals surface area contributed by atoms with Gasteiger partial charge in [0.05, 0.1) is 10.7 Å². The molecule has 3 rings (SSSR count). The minimum Gasteiger partial charge on any atom is -0.337 e. The van der Waals surface area contributed by atoms with Gasteiger partial charge in [0, 0.05) is 47.0 Å². The zero-order valence-corrected chi connectivity index (χ0v) is 14.3. The van der Waals surface area contributed by atoms with E-state index in [-0.39, 0.29) is 6.03 Å². The third-order valence-corrected chi connectivity index (χ3v) is 4.41. The van der Waals surface area contributed by atoms with Crippen LogP contribution in [0.2, 0.25) is 5.02 Å². The summed E-state index contributed by atoms with van der Waals surface area (Å²) in [5.74, 6) is 0. The van der Waals surface area contributed by atoms with Crippen molar-refractivity contribution in [2.45, 2.75) is 6.42 Å². The largest absolute Gasteiger partial charge is 0.337 e. The fourth-order valence-corrected chi connectivity index (χ4v) is 3.01. The van der Waals surface area contributed by atoms with Gasteiger partial charge >= 0.3 is 6.03 Å². The van der Waals surface area contributed by atoms with E-state index < -0.39 is 0 Å². The Morgan fingerprint density at radius 2 is 1.88 bits per heavy atom. The van der Waals surface area contributed by atoms with E-state index in [2.05, 4.69) is 20.6 Å². The molecule has 24 heavy (non-hydrogen) atoms. The number of rotatable bonds is 5. The molecule has 2 N–H and O–H groups in total. The van der Waals surface area contributed by atoms with Crippen LogP contribution in [0.4, 0.5) is 10.5 Å². The van der Waals surface area contributed by atoms with Crippen molar-refractivity contribution in [3.63, 3.8) is 0 Å². The quantitative estimate of drug-likeness (QED) is 0.717. The number of thiazole rings is 1. The van der Waals surface area contributed by atoms with Crippen LogP contribution in [-0.4, -0.2) is 22.5 Å². The van der Waals surface area contributed by atoms with Gasteiger partial charge in [0.25, 0.3) is 0 Å². The summed E-state index contributed by atoms with van der Waals surface area (Å²) in [6.45, 7) is 0.517. The first-order valence-electron chi connectivity index (χ1n) is 7.36. The van der Waals surface area contributed by atoms with Crippen molar-refractivity contribution in [2.24, 2.45) is 0 Å². The molecule has 0 aliphatic carbocycles. The number of halogens is 1. The smallest absolute Gasteiger partial charge is 0.319 e. The average Bonchev–Trinajstić information content (AvgIpc) is 3.07. The molecule has 0 unspecified atom stereocenters. The highest BCUT2D eigenvalue weighted by molar-refractivity contribution is 7.09. The van der Waals surface area contributed by atoms with Crippen LogP contribution in [-0.2, 0) is 6.42 Å². The molecule has 0 spiro atoms. The number of urea groups is 1. The number of hydrogen-bond acceptors (Lipinski definition) is 4. The standard InChI is InChI=1S/C17H15ClN4OS/c18-13-1-3-14(4-2-13)21-17(23)20-10-7-16-22-15(11-24-16)12-5-8-19-9-6-12/h1-6,8-9,11H,7,10H2,(H2,20,21,23). The van der Waals surface area contributed by atoms with Crippen LogP contribution in [0, 0.1) is 0 Å². The molecule has 2 aromatic heterocycles. The van der Waals surface area contributed by atoms with Crippen LogP contribution in [0.15, 0.2) is 54.2 Å². The van der Waals surface area contributed by atoms with Gasteiger partial charge in [-0.3, -0.25) is 4.98 Å². The second-order valence-electron chi connectivity index (χ2n) is 5.00. The number of hydrogen-bond donors (Lipinski definition) is 2. The maximum atomic E-state index is 11.8. The zero-order chi connectivity index (χ0) is 16.8. The summed E-state index contributed by atoms with van der Waals surface area (Å²) >= 11 is 7.39. The molecule has 7 heteroatoms. The summed E-state index contributed by atoms with van der Waals surface area (Å²) in [6, 6.07) is 10.6. The summed E-state index contributed by atoms with van der Waals surface area (Å²) in [5.41, 5.74) is 2.68. The van der Waals surface area contributed by atoms with Gasteiger partial charge in [-0.1, -0.05) is 11.6 Å². The molecular formula is C17H15ClN4OS. The van der Waals surface area contributed by atoms with Crippen LogP contribution in [0.1, 0.15) is 5.01 Å². The number of amides is 2. The lowest BCUT2D eigenvalue weighted by atomic mass is 10.2. The Labute approximate surface area is 148 Å². The van der Waals surface area contributed by atoms with Crippen molar-refractivity contribution < 1.29 is 4.79 Å². The molecule has 122 valence electrons. The number of pyridine rings is 1. The first-order chi connectivity index (χ1) is 11.7. The van der Waals surface area contributed by atoms with Gasteiger partial charge < -0.3 is 10.6 Å². The molecule has 0 fully saturated rings. The van der Waals surface area contributed by atoms with Crippen molar-refractivity contribution >= 4 is 34.7 Å². The SMILES string of the molecule is O=C(NCCc1nc(-c2ccncc2)cs1)Nc1ccc(Cl)cc1. The van der Waals surface area contributed by atoms with Gasteiger partial charge in [-0.15, -0.1) is 11.3 Å². The Balaban J connectivity index is 1.47. The minimum absolute atomic E-state index is 0.247. The Hall–Kier alpha value is -2.44. The molecule has 0 saturated heterocycles. The molecule has 0 aliphatic rings. The Kier molecular flexibility index (Phi) is 5.40. The molecule has 1 aromatic carbocycles. The lowest BCUT2D eigenvalue weighted by molar-refractivity contribution is 0.252. The highest BCUT2D eigenvalue weighted by Gasteiger charge is 2.06. The Morgan fingerprint density at radius 3 is 2.62 bits per heavy atom. The number of carbonyl (C=O) groups excluding carboxylic acids is 1. The lowest BCUT2D eigenvalue weighted by Crippen LogP contribution is -2.30. The third-order valence-electron chi connectivity index (χ3n) is 3.25. The number of aromatic nitrogens is 2. The topological polar surface area (TPSA) is 66.9 Å². The Bertz CT molecular complexity index is 805. The van der Waals surface area contributed by atoms with Crippen molar-refractivity contribution in [2.75, 3.05) is 11.9 Å². The second kappa shape index (κ2) is 7.90. The third kappa shape index (κ3) is 4.53. The molecule has 2 amide bonds. The van der Waals surface area contributed by atoms with Crippen molar-refractivity contribution in [1.29, 1.82) is 0 Å². The minimum atomic E-state index is -0.247. The van der Waals surface area contributed by atoms with Gasteiger partial charge in [0.15, 0.2) is 0 Å². The fraction of sp³-hybridized carbons (Fsp3) is 0.118. The first-order valence-corrected chi connectivity index (χ1v) is 8.62. The molecule has 0 saturated carbocycles. The number of nitrogens with one attached hydrogen (secondary N) is 2. The van der Waals surface area contributed by atoms with E-state index in [4.69, 9.17) is 11.6 Å². The fourth-order valence-electron chi connectivity index (χ4n) is 2.07. The normalized spacial score (nSPS) is 10.4. The molecule has 3 aromatic rings. The zero-order valence-electron chi connectivity index (χ0n) is 12.7. The monoisotopic (exact) mass is 358 g/mol. The number of nitrogens with zero attached hydrogens (tertiary/aromatic N) is 2. The van der Waals surface area contributed by atoms with E-state index in [9.17, 15) is 4.79 Å². The molecule has 2 heterocycles. The molecule has 0 aliphatic heterocycles. The summed E-state index contributed by atoms with van der Waals surface area (Å²) in [5, 5.41) is 9.20. The van der Waals surface area contributed by atoms with E-state index in [1.54, 1.807) is 48.0 Å². The predicted molar refractivity (Wildman–Crippen MR) is 97.5 cm³/mol. The van der Waals surface area contributed by atoms with Gasteiger partial charge in [-0.2, -0.15) is 0 Å². The summed E-state index contributed by atoms with van der Waals surface area (Å²) in [4.78, 5) is 20.4. The number of carbonyl (C=O) groups is 1. The Morgan fingerprint density at radius 1 is 1.12 bits per heavy atom. The van der Waals surface area contributed by atoms with E-state index in [1.807, 2.05) is 17.5 Å². The van der Waals surface area contributed by atoms with E-state index >= 15 is 0 Å². The maximum absolute atomic E-state index is 11.8. The van der Waals surface area contributed by atoms with Crippen LogP contribution < -0.4 is 10.6 Å². The van der Waals surface area contributed by atoms with Gasteiger partial charge in [-0.05, 0) is 36.4 Å². The highest BCUT2D eigenvalue weighted by Crippen LogP contribution is 2.21. The second-order valence-corrected chi connectivity index (χ2v) is 6.38. The lowest BCUT2D eigenvalue weighted by Gasteiger charge is -2.06. The molecule has 0 atom stereocenters. The van der Waals surface area contributed by atoms with Crippen LogP contribution in [0.5, 0.6) is 0 Å². The predicted octanol–water partition coefficient (Wildman–Crippen LogP) is 4.22. The maximum Gasteiger partial charge on any atom is 0.319 e. The van der Waals surface area contributed by atoms with Gasteiger partial charge in [-0.25, -0.2) is 9.78 Å². The average molecular weight is 359 g/mol. The summed E-state index contributed by atoms with van der Waals surface area (Å²) in [7, 11) is 0. The molecule has 0 radical (unpaired) electrons. The van der Waals surface area contributed by atoms with Crippen molar-refractivity contribution in [3.05, 3.63) is 64.2 Å². The number of anilines is 1. The van der Waals surface area contributed by atoms with Crippen LogP contribution >= 0.6 is 22.9 Å². The van der Waals surface area contributed by atoms with Gasteiger partial charge in [0.1, 0.15) is 0 Å². The van der Waals surface area contributed by atoms with E-state index in [0.717, 1.165) is 16.3 Å². The van der Waals surface area contributed by atoms with Gasteiger partial charge in [0.2, 0.25) is 0 Å². The number of benzene rings is 1. The van der Waals surface area contributed by atoms with Crippen molar-refractivity contribution in [3.8, 4) is 11.3 Å². The van der Waals surface area contributed by atoms with Crippen LogP contribution in [0.25, 0.3) is 11.3 Å². The molecular weight excluding hydrogens is 344 g/mol. The highest BCUT2D eigenvalue weighted by atomic mass is 35.5. The summed E-state index contributed by atoms with van der Waals surface area (Å²) in [6.07, 6.45) is 4.18. The summed E-state index contributed by atoms with van der Waals surface area (Å²) < 4.78 is 0. The van der Waals surface area contributed by atoms with E-state index in [1.165, 1.54) is 0 Å². The van der Waals surface area contributed by atoms with E-state index in [0.29, 0.717) is 23.7 Å². The van der Waals surface area contributed by atoms with Crippen LogP contribution in [0.3, 0.4) is 0 Å². The molecule has 5 nitrogen and oxygen atoms in total. The molecule has 0 bridgehead atoms.